The molecule has 4 nitrogen and oxygen atoms in total. The molecule has 1 aromatic carbocycles. The molecule has 0 aliphatic carbocycles. The molecule has 0 fully saturated rings. The molecule has 22 heavy (non-hydrogen) atoms. The quantitative estimate of drug-likeness (QED) is 0.806. The molecule has 0 atom stereocenters. The summed E-state index contributed by atoms with van der Waals surface area (Å²) in [5, 5.41) is 0. The number of nitrogens with two attached hydrogens (primary N) is 1. The maximum atomic E-state index is 5.84. The Hall–Kier alpha value is -2.62. The fraction of sp³-hybridized carbons (Fsp3) is 0.222. The maximum absolute atomic E-state index is 5.84. The minimum absolute atomic E-state index is 0.452. The zero-order valence-electron chi connectivity index (χ0n) is 13.1. The first kappa shape index (κ1) is 15.8. The van der Waals surface area contributed by atoms with Gasteiger partial charge in [-0.3, -0.25) is 4.57 Å². The molecule has 0 saturated carbocycles. The average Bonchev–Trinajstić information content (AvgIpc) is 2.88. The molecule has 0 bridgehead atoms. The van der Waals surface area contributed by atoms with E-state index in [2.05, 4.69) is 35.1 Å². The van der Waals surface area contributed by atoms with Crippen molar-refractivity contribution in [3.63, 3.8) is 0 Å². The second-order valence-electron chi connectivity index (χ2n) is 5.12. The number of aliphatic imine (C=N–C) groups is 1. The van der Waals surface area contributed by atoms with Gasteiger partial charge in [0.2, 0.25) is 5.96 Å². The van der Waals surface area contributed by atoms with Gasteiger partial charge in [0.25, 0.3) is 0 Å². The Morgan fingerprint density at radius 2 is 1.77 bits per heavy atom. The van der Waals surface area contributed by atoms with Crippen LogP contribution < -0.4 is 5.73 Å². The molecule has 0 saturated heterocycles. The molecule has 4 heteroatoms. The Morgan fingerprint density at radius 3 is 2.45 bits per heavy atom. The van der Waals surface area contributed by atoms with Gasteiger partial charge in [0.05, 0.1) is 5.69 Å². The summed E-state index contributed by atoms with van der Waals surface area (Å²) in [5.74, 6) is 1.29. The summed E-state index contributed by atoms with van der Waals surface area (Å²) in [6.45, 7) is 4.02. The first-order valence-electron chi connectivity index (χ1n) is 7.39. The van der Waals surface area contributed by atoms with Gasteiger partial charge in [-0.15, -0.1) is 0 Å². The van der Waals surface area contributed by atoms with Crippen LogP contribution in [0.3, 0.4) is 0 Å². The van der Waals surface area contributed by atoms with E-state index in [0.717, 1.165) is 24.4 Å². The van der Waals surface area contributed by atoms with E-state index < -0.39 is 0 Å². The molecule has 2 aromatic rings. The molecule has 2 N–H and O–H groups in total. The van der Waals surface area contributed by atoms with Crippen molar-refractivity contribution in [1.29, 1.82) is 0 Å². The number of imidazole rings is 1. The number of nitrogens with zero attached hydrogens (tertiary/aromatic N) is 3. The van der Waals surface area contributed by atoms with Crippen LogP contribution in [0.5, 0.6) is 0 Å². The number of benzene rings is 1. The molecule has 2 heterocycles. The monoisotopic (exact) mass is 294 g/mol. The van der Waals surface area contributed by atoms with Crippen molar-refractivity contribution in [3.8, 4) is 0 Å². The minimum atomic E-state index is 0.452. The second kappa shape index (κ2) is 7.98. The average molecular weight is 294 g/mol. The van der Waals surface area contributed by atoms with Gasteiger partial charge in [-0.2, -0.15) is 0 Å². The first-order valence-corrected chi connectivity index (χ1v) is 7.39. The van der Waals surface area contributed by atoms with Gasteiger partial charge < -0.3 is 5.73 Å². The maximum Gasteiger partial charge on any atom is 0.205 e. The van der Waals surface area contributed by atoms with Crippen molar-refractivity contribution < 1.29 is 0 Å². The van der Waals surface area contributed by atoms with Crippen molar-refractivity contribution in [1.82, 2.24) is 9.55 Å². The van der Waals surface area contributed by atoms with E-state index in [1.165, 1.54) is 5.56 Å². The van der Waals surface area contributed by atoms with Crippen LogP contribution >= 0.6 is 0 Å². The van der Waals surface area contributed by atoms with Gasteiger partial charge in [-0.25, -0.2) is 9.98 Å². The minimum Gasteiger partial charge on any atom is -0.369 e. The summed E-state index contributed by atoms with van der Waals surface area (Å²) >= 11 is 0. The Bertz CT molecular complexity index is 678. The molecular formula is C18H22N4. The first-order chi connectivity index (χ1) is 10.7. The zero-order valence-corrected chi connectivity index (χ0v) is 13.1. The SMILES string of the molecule is Cc1ccccc1.Cc1cn2c(n1)/C=C/CC/C=C/N=C2N. The number of allylic oxidation sites excluding steroid dienone is 2. The highest BCUT2D eigenvalue weighted by atomic mass is 15.2. The van der Waals surface area contributed by atoms with Crippen LogP contribution in [0.1, 0.15) is 29.9 Å². The molecule has 0 unspecified atom stereocenters. The van der Waals surface area contributed by atoms with Crippen LogP contribution in [0.2, 0.25) is 0 Å². The lowest BCUT2D eigenvalue weighted by atomic mass is 10.2. The fourth-order valence-corrected chi connectivity index (χ4v) is 2.00. The predicted molar refractivity (Wildman–Crippen MR) is 92.6 cm³/mol. The summed E-state index contributed by atoms with van der Waals surface area (Å²) in [7, 11) is 0. The number of hydrogen-bond acceptors (Lipinski definition) is 3. The molecule has 1 aromatic heterocycles. The molecule has 0 amide bonds. The number of hydrogen-bond donors (Lipinski definition) is 1. The van der Waals surface area contributed by atoms with Crippen molar-refractivity contribution in [3.05, 3.63) is 72.0 Å². The number of aromatic nitrogens is 2. The zero-order chi connectivity index (χ0) is 15.8. The van der Waals surface area contributed by atoms with E-state index in [0.29, 0.717) is 5.96 Å². The standard InChI is InChI=1S/C11H14N4.C7H8/c1-9-8-15-10(14-9)6-4-2-3-5-7-13-11(15)12;1-7-5-3-2-4-6-7/h4-8H,2-3H2,1H3,(H2,12,13);2-6H,1H3/b6-4+,7-5+;. The molecule has 114 valence electrons. The Labute approximate surface area is 131 Å². The van der Waals surface area contributed by atoms with Gasteiger partial charge >= 0.3 is 0 Å². The van der Waals surface area contributed by atoms with Crippen LogP contribution in [-0.2, 0) is 0 Å². The van der Waals surface area contributed by atoms with E-state index in [-0.39, 0.29) is 0 Å². The van der Waals surface area contributed by atoms with Crippen molar-refractivity contribution in [2.24, 2.45) is 10.7 Å². The van der Waals surface area contributed by atoms with Gasteiger partial charge in [-0.1, -0.05) is 48.0 Å². The molecule has 1 aliphatic heterocycles. The Morgan fingerprint density at radius 1 is 1.05 bits per heavy atom. The van der Waals surface area contributed by atoms with Gasteiger partial charge in [0.15, 0.2) is 0 Å². The lowest BCUT2D eigenvalue weighted by molar-refractivity contribution is 1.02. The summed E-state index contributed by atoms with van der Waals surface area (Å²) < 4.78 is 1.79. The van der Waals surface area contributed by atoms with Crippen LogP contribution in [-0.4, -0.2) is 15.5 Å². The highest BCUT2D eigenvalue weighted by molar-refractivity contribution is 5.83. The molecular weight excluding hydrogens is 272 g/mol. The van der Waals surface area contributed by atoms with Crippen LogP contribution in [0.4, 0.5) is 0 Å². The van der Waals surface area contributed by atoms with E-state index in [4.69, 9.17) is 5.73 Å². The van der Waals surface area contributed by atoms with E-state index in [1.54, 1.807) is 10.8 Å². The van der Waals surface area contributed by atoms with Gasteiger partial charge in [0, 0.05) is 12.4 Å². The smallest absolute Gasteiger partial charge is 0.205 e. The van der Waals surface area contributed by atoms with Crippen molar-refractivity contribution >= 4 is 12.0 Å². The topological polar surface area (TPSA) is 56.2 Å². The van der Waals surface area contributed by atoms with E-state index in [1.807, 2.05) is 43.5 Å². The second-order valence-corrected chi connectivity index (χ2v) is 5.12. The lowest BCUT2D eigenvalue weighted by Gasteiger charge is -2.03. The molecule has 0 radical (unpaired) electrons. The largest absolute Gasteiger partial charge is 0.369 e. The third-order valence-electron chi connectivity index (χ3n) is 3.12. The van der Waals surface area contributed by atoms with Crippen LogP contribution in [0, 0.1) is 13.8 Å². The van der Waals surface area contributed by atoms with Crippen LogP contribution in [0.15, 0.2) is 59.9 Å². The van der Waals surface area contributed by atoms with Gasteiger partial charge in [-0.05, 0) is 32.8 Å². The van der Waals surface area contributed by atoms with Crippen LogP contribution in [0.25, 0.3) is 6.08 Å². The molecule has 3 rings (SSSR count). The van der Waals surface area contributed by atoms with Gasteiger partial charge in [0.1, 0.15) is 5.82 Å². The third-order valence-corrected chi connectivity index (χ3v) is 3.12. The van der Waals surface area contributed by atoms with E-state index in [9.17, 15) is 0 Å². The summed E-state index contributed by atoms with van der Waals surface area (Å²) in [6, 6.07) is 10.3. The summed E-state index contributed by atoms with van der Waals surface area (Å²) in [4.78, 5) is 8.51. The molecule has 1 aliphatic rings. The number of rotatable bonds is 0. The summed E-state index contributed by atoms with van der Waals surface area (Å²) in [5.41, 5.74) is 8.10. The number of fused-ring (bicyclic) bond motifs is 1. The lowest BCUT2D eigenvalue weighted by Crippen LogP contribution is -2.22. The number of aryl methyl sites for hydroxylation is 2. The predicted octanol–water partition coefficient (Wildman–Crippen LogP) is 3.67. The molecule has 0 spiro atoms. The third kappa shape index (κ3) is 4.74. The highest BCUT2D eigenvalue weighted by Gasteiger charge is 2.05. The highest BCUT2D eigenvalue weighted by Crippen LogP contribution is 2.07. The van der Waals surface area contributed by atoms with Crippen molar-refractivity contribution in [2.45, 2.75) is 26.7 Å². The van der Waals surface area contributed by atoms with E-state index >= 15 is 0 Å². The Balaban J connectivity index is 0.000000211. The summed E-state index contributed by atoms with van der Waals surface area (Å²) in [6.07, 6.45) is 11.7. The van der Waals surface area contributed by atoms with Crippen molar-refractivity contribution in [2.75, 3.05) is 0 Å². The fourth-order valence-electron chi connectivity index (χ4n) is 2.00. The Kier molecular flexibility index (Phi) is 5.72. The normalized spacial score (nSPS) is 16.5.